The van der Waals surface area contributed by atoms with Crippen LogP contribution >= 0.6 is 0 Å². The summed E-state index contributed by atoms with van der Waals surface area (Å²) in [7, 11) is 0. The van der Waals surface area contributed by atoms with Gasteiger partial charge in [-0.2, -0.15) is 0 Å². The molecule has 0 fully saturated rings. The summed E-state index contributed by atoms with van der Waals surface area (Å²) in [6.07, 6.45) is 0. The molecule has 3 heterocycles. The maximum Gasteiger partial charge on any atom is 0.296 e. The number of amides is 1. The molecule has 1 aliphatic rings. The van der Waals surface area contributed by atoms with Crippen molar-refractivity contribution in [2.45, 2.75) is 26.8 Å². The minimum atomic E-state index is -0.806. The van der Waals surface area contributed by atoms with Crippen LogP contribution in [0.2, 0.25) is 0 Å². The van der Waals surface area contributed by atoms with E-state index in [0.29, 0.717) is 22.3 Å². The van der Waals surface area contributed by atoms with E-state index < -0.39 is 17.8 Å². The first-order valence-corrected chi connectivity index (χ1v) is 9.45. The van der Waals surface area contributed by atoms with Crippen LogP contribution in [0, 0.1) is 26.6 Å². The number of aryl methyl sites for hydroxylation is 3. The van der Waals surface area contributed by atoms with E-state index in [1.165, 1.54) is 17.0 Å². The predicted octanol–water partition coefficient (Wildman–Crippen LogP) is 4.60. The molecule has 0 bridgehead atoms. The molecule has 0 spiro atoms. The van der Waals surface area contributed by atoms with Crippen LogP contribution in [0.25, 0.3) is 11.0 Å². The Kier molecular flexibility index (Phi) is 3.89. The second-order valence-electron chi connectivity index (χ2n) is 7.53. The summed E-state index contributed by atoms with van der Waals surface area (Å²) in [4.78, 5) is 28.2. The van der Waals surface area contributed by atoms with Gasteiger partial charge >= 0.3 is 0 Å². The Balaban J connectivity index is 1.83. The number of halogens is 1. The van der Waals surface area contributed by atoms with Crippen molar-refractivity contribution in [3.05, 3.63) is 92.3 Å². The van der Waals surface area contributed by atoms with E-state index in [-0.39, 0.29) is 22.6 Å². The summed E-state index contributed by atoms with van der Waals surface area (Å²) < 4.78 is 24.6. The molecule has 2 aromatic carbocycles. The minimum Gasteiger partial charge on any atom is -0.450 e. The maximum atomic E-state index is 13.6. The molecule has 150 valence electrons. The standard InChI is InChI=1S/C23H17FN2O4/c1-11-8-16-17(9-12(11)2)29-22-19(21(16)27)20(14-4-6-15(24)7-5-14)26(23(22)28)18-10-13(3)30-25-18/h4-10,20H,1-3H3/t20-/m0/s1. The van der Waals surface area contributed by atoms with Gasteiger partial charge in [-0.1, -0.05) is 17.3 Å². The summed E-state index contributed by atoms with van der Waals surface area (Å²) in [5, 5.41) is 4.36. The van der Waals surface area contributed by atoms with Crippen LogP contribution < -0.4 is 10.3 Å². The van der Waals surface area contributed by atoms with Crippen molar-refractivity contribution >= 4 is 22.7 Å². The van der Waals surface area contributed by atoms with E-state index in [1.54, 1.807) is 37.3 Å². The van der Waals surface area contributed by atoms with Gasteiger partial charge in [-0.15, -0.1) is 0 Å². The Morgan fingerprint density at radius 1 is 1.00 bits per heavy atom. The first-order valence-electron chi connectivity index (χ1n) is 9.45. The van der Waals surface area contributed by atoms with Crippen LogP contribution in [0.15, 0.2) is 56.2 Å². The molecule has 0 aliphatic carbocycles. The first-order chi connectivity index (χ1) is 14.3. The summed E-state index contributed by atoms with van der Waals surface area (Å²) in [5.41, 5.74) is 2.74. The van der Waals surface area contributed by atoms with Gasteiger partial charge in [0.1, 0.15) is 17.2 Å². The molecule has 4 aromatic rings. The van der Waals surface area contributed by atoms with Gasteiger partial charge in [0.25, 0.3) is 5.91 Å². The van der Waals surface area contributed by atoms with Crippen molar-refractivity contribution in [1.82, 2.24) is 5.16 Å². The lowest BCUT2D eigenvalue weighted by Crippen LogP contribution is -2.29. The Labute approximate surface area is 170 Å². The zero-order valence-electron chi connectivity index (χ0n) is 16.5. The zero-order chi connectivity index (χ0) is 21.2. The second-order valence-corrected chi connectivity index (χ2v) is 7.53. The third-order valence-corrected chi connectivity index (χ3v) is 5.53. The van der Waals surface area contributed by atoms with Crippen LogP contribution in [0.4, 0.5) is 10.2 Å². The molecule has 6 nitrogen and oxygen atoms in total. The Bertz CT molecular complexity index is 1390. The van der Waals surface area contributed by atoms with E-state index in [9.17, 15) is 14.0 Å². The third-order valence-electron chi connectivity index (χ3n) is 5.53. The van der Waals surface area contributed by atoms with Gasteiger partial charge in [0.2, 0.25) is 5.76 Å². The molecule has 0 N–H and O–H groups in total. The second kappa shape index (κ2) is 6.38. The maximum absolute atomic E-state index is 13.6. The molecule has 0 unspecified atom stereocenters. The van der Waals surface area contributed by atoms with Crippen molar-refractivity contribution in [2.75, 3.05) is 4.90 Å². The fraction of sp³-hybridized carbons (Fsp3) is 0.174. The molecule has 0 radical (unpaired) electrons. The summed E-state index contributed by atoms with van der Waals surface area (Å²) in [6, 6.07) is 10.0. The highest BCUT2D eigenvalue weighted by atomic mass is 19.1. The van der Waals surface area contributed by atoms with Crippen molar-refractivity contribution in [2.24, 2.45) is 0 Å². The summed E-state index contributed by atoms with van der Waals surface area (Å²) >= 11 is 0. The molecule has 7 heteroatoms. The van der Waals surface area contributed by atoms with Crippen LogP contribution in [0.1, 0.15) is 44.6 Å². The van der Waals surface area contributed by atoms with Crippen LogP contribution in [0.5, 0.6) is 0 Å². The monoisotopic (exact) mass is 404 g/mol. The highest BCUT2D eigenvalue weighted by Crippen LogP contribution is 2.41. The highest BCUT2D eigenvalue weighted by molar-refractivity contribution is 6.10. The average molecular weight is 404 g/mol. The van der Waals surface area contributed by atoms with Crippen molar-refractivity contribution < 1.29 is 18.1 Å². The van der Waals surface area contributed by atoms with E-state index in [1.807, 2.05) is 13.8 Å². The van der Waals surface area contributed by atoms with Gasteiger partial charge in [-0.25, -0.2) is 4.39 Å². The van der Waals surface area contributed by atoms with E-state index in [2.05, 4.69) is 5.16 Å². The third kappa shape index (κ3) is 2.58. The Morgan fingerprint density at radius 2 is 1.70 bits per heavy atom. The van der Waals surface area contributed by atoms with Gasteiger partial charge in [0.15, 0.2) is 11.2 Å². The smallest absolute Gasteiger partial charge is 0.296 e. The number of benzene rings is 2. The zero-order valence-corrected chi connectivity index (χ0v) is 16.5. The Hall–Kier alpha value is -3.74. The van der Waals surface area contributed by atoms with Crippen molar-refractivity contribution in [1.29, 1.82) is 0 Å². The molecule has 1 aliphatic heterocycles. The normalized spacial score (nSPS) is 15.8. The van der Waals surface area contributed by atoms with Gasteiger partial charge in [0, 0.05) is 6.07 Å². The molecule has 1 amide bonds. The SMILES string of the molecule is Cc1cc(N2C(=O)c3oc4cc(C)c(C)cc4c(=O)c3[C@@H]2c2ccc(F)cc2)no1. The molecular weight excluding hydrogens is 387 g/mol. The fourth-order valence-electron chi connectivity index (χ4n) is 3.89. The number of carbonyl (C=O) groups excluding carboxylic acids is 1. The largest absolute Gasteiger partial charge is 0.450 e. The van der Waals surface area contributed by atoms with Gasteiger partial charge in [-0.3, -0.25) is 14.5 Å². The van der Waals surface area contributed by atoms with Crippen molar-refractivity contribution in [3.8, 4) is 0 Å². The number of anilines is 1. The molecule has 30 heavy (non-hydrogen) atoms. The summed E-state index contributed by atoms with van der Waals surface area (Å²) in [6.45, 7) is 5.53. The van der Waals surface area contributed by atoms with E-state index in [0.717, 1.165) is 11.1 Å². The van der Waals surface area contributed by atoms with Crippen LogP contribution in [-0.4, -0.2) is 11.1 Å². The van der Waals surface area contributed by atoms with Gasteiger partial charge in [0.05, 0.1) is 17.0 Å². The number of aromatic nitrogens is 1. The number of hydrogen-bond acceptors (Lipinski definition) is 5. The number of hydrogen-bond donors (Lipinski definition) is 0. The lowest BCUT2D eigenvalue weighted by Gasteiger charge is -2.22. The summed E-state index contributed by atoms with van der Waals surface area (Å²) in [5.74, 6) is -0.171. The molecule has 0 saturated heterocycles. The number of fused-ring (bicyclic) bond motifs is 2. The lowest BCUT2D eigenvalue weighted by atomic mass is 9.97. The fourth-order valence-corrected chi connectivity index (χ4v) is 3.89. The predicted molar refractivity (Wildman–Crippen MR) is 108 cm³/mol. The minimum absolute atomic E-state index is 0.0364. The highest BCUT2D eigenvalue weighted by Gasteiger charge is 2.44. The Morgan fingerprint density at radius 3 is 2.37 bits per heavy atom. The lowest BCUT2D eigenvalue weighted by molar-refractivity contribution is 0.0969. The molecule has 0 saturated carbocycles. The average Bonchev–Trinajstić information content (AvgIpc) is 3.26. The molecule has 2 aromatic heterocycles. The number of rotatable bonds is 2. The molecule has 1 atom stereocenters. The van der Waals surface area contributed by atoms with E-state index >= 15 is 0 Å². The number of nitrogens with zero attached hydrogens (tertiary/aromatic N) is 2. The van der Waals surface area contributed by atoms with Crippen LogP contribution in [-0.2, 0) is 0 Å². The van der Waals surface area contributed by atoms with Crippen molar-refractivity contribution in [3.63, 3.8) is 0 Å². The number of carbonyl (C=O) groups is 1. The van der Waals surface area contributed by atoms with Gasteiger partial charge in [-0.05, 0) is 61.7 Å². The van der Waals surface area contributed by atoms with Crippen LogP contribution in [0.3, 0.4) is 0 Å². The topological polar surface area (TPSA) is 76.6 Å². The quantitative estimate of drug-likeness (QED) is 0.488. The van der Waals surface area contributed by atoms with E-state index in [4.69, 9.17) is 8.94 Å². The van der Waals surface area contributed by atoms with Gasteiger partial charge < -0.3 is 8.94 Å². The first kappa shape index (κ1) is 18.3. The molecular formula is C23H17FN2O4. The molecule has 5 rings (SSSR count).